The first-order valence-electron chi connectivity index (χ1n) is 10.4. The van der Waals surface area contributed by atoms with E-state index in [0.29, 0.717) is 0 Å². The van der Waals surface area contributed by atoms with Crippen LogP contribution in [0, 0.1) is 10.8 Å². The van der Waals surface area contributed by atoms with Gasteiger partial charge in [0.05, 0.1) is 23.3 Å². The molecular weight excluding hydrogens is 468 g/mol. The van der Waals surface area contributed by atoms with Gasteiger partial charge in [-0.25, -0.2) is 0 Å². The monoisotopic (exact) mass is 492 g/mol. The highest BCUT2D eigenvalue weighted by Gasteiger charge is 2.73. The number of benzene rings is 1. The zero-order valence-electron chi connectivity index (χ0n) is 18.9. The van der Waals surface area contributed by atoms with Gasteiger partial charge in [0.2, 0.25) is 5.78 Å². The van der Waals surface area contributed by atoms with Crippen LogP contribution in [-0.2, 0) is 14.4 Å². The molecule has 11 heteroatoms. The van der Waals surface area contributed by atoms with Gasteiger partial charge in [0.15, 0.2) is 11.4 Å². The number of aliphatic hydroxyl groups is 4. The van der Waals surface area contributed by atoms with Crippen molar-refractivity contribution in [2.45, 2.75) is 38.0 Å². The van der Waals surface area contributed by atoms with E-state index in [4.69, 9.17) is 17.3 Å². The van der Waals surface area contributed by atoms with Crippen molar-refractivity contribution < 1.29 is 39.9 Å². The van der Waals surface area contributed by atoms with Gasteiger partial charge < -0.3 is 31.3 Å². The normalized spacial score (nSPS) is 35.3. The van der Waals surface area contributed by atoms with Gasteiger partial charge in [-0.15, -0.1) is 0 Å². The molecule has 10 nitrogen and oxygen atoms in total. The van der Waals surface area contributed by atoms with Crippen molar-refractivity contribution >= 4 is 34.8 Å². The fraction of sp³-hybridized carbons (Fsp3) is 0.435. The molecule has 0 radical (unpaired) electrons. The van der Waals surface area contributed by atoms with E-state index in [-0.39, 0.29) is 22.6 Å². The smallest absolute Gasteiger partial charge is 0.255 e. The number of carbonyl (C=O) groups is 3. The molecule has 1 saturated carbocycles. The molecule has 34 heavy (non-hydrogen) atoms. The molecule has 1 fully saturated rings. The fourth-order valence-electron chi connectivity index (χ4n) is 6.27. The molecule has 0 unspecified atom stereocenters. The Balaban J connectivity index is 2.14. The molecule has 1 aromatic rings. The Kier molecular flexibility index (Phi) is 5.02. The number of phenols is 1. The summed E-state index contributed by atoms with van der Waals surface area (Å²) in [6, 6.07) is 1.18. The number of fused-ring (bicyclic) bond motifs is 3. The van der Waals surface area contributed by atoms with E-state index in [1.807, 2.05) is 0 Å². The number of aliphatic hydroxyl groups excluding tert-OH is 3. The topological polar surface area (TPSA) is 182 Å². The van der Waals surface area contributed by atoms with Crippen molar-refractivity contribution in [3.63, 3.8) is 0 Å². The summed E-state index contributed by atoms with van der Waals surface area (Å²) in [6.45, 7) is 2.84. The number of phenolic OH excluding ortho intramolecular Hbond substituents is 1. The van der Waals surface area contributed by atoms with Crippen LogP contribution < -0.4 is 5.73 Å². The van der Waals surface area contributed by atoms with E-state index in [1.165, 1.54) is 45.0 Å². The molecule has 5 atom stereocenters. The van der Waals surface area contributed by atoms with Gasteiger partial charge in [0, 0.05) is 21.4 Å². The molecule has 182 valence electrons. The van der Waals surface area contributed by atoms with Gasteiger partial charge in [0.25, 0.3) is 5.91 Å². The number of hydrogen-bond acceptors (Lipinski definition) is 9. The van der Waals surface area contributed by atoms with Crippen LogP contribution >= 0.6 is 11.6 Å². The van der Waals surface area contributed by atoms with Crippen LogP contribution in [0.5, 0.6) is 5.75 Å². The van der Waals surface area contributed by atoms with Crippen molar-refractivity contribution in [2.24, 2.45) is 16.6 Å². The molecule has 0 saturated heterocycles. The number of ketones is 2. The molecule has 4 rings (SSSR count). The zero-order valence-corrected chi connectivity index (χ0v) is 19.6. The third kappa shape index (κ3) is 2.54. The number of hydrogen-bond donors (Lipinski definition) is 6. The van der Waals surface area contributed by atoms with Gasteiger partial charge in [-0.3, -0.25) is 19.3 Å². The zero-order chi connectivity index (χ0) is 25.7. The number of likely N-dealkylation sites (N-methyl/N-ethyl adjacent to an activating group) is 1. The summed E-state index contributed by atoms with van der Waals surface area (Å²) in [5.74, 6) is -5.88. The number of aromatic hydroxyl groups is 1. The van der Waals surface area contributed by atoms with Crippen LogP contribution in [0.2, 0.25) is 5.02 Å². The maximum absolute atomic E-state index is 14.0. The minimum atomic E-state index is -2.85. The fourth-order valence-corrected chi connectivity index (χ4v) is 6.53. The Bertz CT molecular complexity index is 1250. The number of rotatable bonds is 2. The molecule has 7 N–H and O–H groups in total. The maximum Gasteiger partial charge on any atom is 0.255 e. The van der Waals surface area contributed by atoms with Gasteiger partial charge in [-0.2, -0.15) is 0 Å². The van der Waals surface area contributed by atoms with Crippen molar-refractivity contribution in [1.82, 2.24) is 4.90 Å². The van der Waals surface area contributed by atoms with E-state index in [2.05, 4.69) is 0 Å². The van der Waals surface area contributed by atoms with Crippen LogP contribution in [0.4, 0.5) is 0 Å². The number of amides is 1. The van der Waals surface area contributed by atoms with Crippen LogP contribution in [0.3, 0.4) is 0 Å². The lowest BCUT2D eigenvalue weighted by atomic mass is 9.45. The summed E-state index contributed by atoms with van der Waals surface area (Å²) in [5, 5.41) is 55.7. The summed E-state index contributed by atoms with van der Waals surface area (Å²) in [5.41, 5.74) is -2.63. The number of nitrogens with zero attached hydrogens (tertiary/aromatic N) is 1. The minimum absolute atomic E-state index is 0.0200. The van der Waals surface area contributed by atoms with Crippen molar-refractivity contribution in [3.05, 3.63) is 45.2 Å². The lowest BCUT2D eigenvalue weighted by Gasteiger charge is -2.60. The highest BCUT2D eigenvalue weighted by molar-refractivity contribution is 6.32. The Labute approximate surface area is 199 Å². The van der Waals surface area contributed by atoms with E-state index >= 15 is 0 Å². The molecule has 1 amide bonds. The standard InChI is InChI=1S/C23H25ClN2O8/c1-21-7-22(2)16(26(3)4)15(29)12(20(25)33)18(31)23(22,34)19(32)13(21)14(28)11-9(27)6-5-8(24)10(11)17(21)30/h5-6,16-17,27-28,30-31,34H,7H2,1-4H3,(H2,25,33)/t16-,17-,21+,22+,23-/m1/s1. The molecule has 1 aromatic carbocycles. The molecule has 0 aliphatic heterocycles. The maximum atomic E-state index is 14.0. The number of Topliss-reactive ketones (excluding diaryl/α,β-unsaturated/α-hetero) is 2. The highest BCUT2D eigenvalue weighted by Crippen LogP contribution is 2.66. The molecule has 3 aliphatic rings. The predicted molar refractivity (Wildman–Crippen MR) is 120 cm³/mol. The highest BCUT2D eigenvalue weighted by atomic mass is 35.5. The molecule has 0 spiro atoms. The third-order valence-electron chi connectivity index (χ3n) is 7.65. The van der Waals surface area contributed by atoms with Crippen LogP contribution in [0.1, 0.15) is 37.5 Å². The van der Waals surface area contributed by atoms with Gasteiger partial charge in [0.1, 0.15) is 22.8 Å². The lowest BCUT2D eigenvalue weighted by Crippen LogP contribution is -2.73. The number of nitrogens with two attached hydrogens (primary N) is 1. The molecule has 0 bridgehead atoms. The summed E-state index contributed by atoms with van der Waals surface area (Å²) in [6.07, 6.45) is -1.85. The van der Waals surface area contributed by atoms with Crippen molar-refractivity contribution in [1.29, 1.82) is 0 Å². The average Bonchev–Trinajstić information content (AvgIpc) is 2.70. The minimum Gasteiger partial charge on any atom is -0.508 e. The van der Waals surface area contributed by atoms with E-state index in [0.717, 1.165) is 0 Å². The van der Waals surface area contributed by atoms with Crippen LogP contribution in [-0.4, -0.2) is 73.6 Å². The second-order valence-electron chi connectivity index (χ2n) is 9.85. The SMILES string of the molecule is CN(C)[C@@H]1C(=O)C(C(N)=O)=C(O)[C@@]2(O)C(=O)C3=C(O)c4c(O)ccc(Cl)c4[C@@H](O)[C@@]3(C)C[C@@]12C. The largest absolute Gasteiger partial charge is 0.508 e. The Morgan fingerprint density at radius 1 is 1.18 bits per heavy atom. The second kappa shape index (κ2) is 7.05. The first kappa shape index (κ1) is 24.2. The summed E-state index contributed by atoms with van der Waals surface area (Å²) in [7, 11) is 2.98. The average molecular weight is 493 g/mol. The van der Waals surface area contributed by atoms with Crippen LogP contribution in [0.25, 0.3) is 5.76 Å². The Morgan fingerprint density at radius 3 is 2.29 bits per heavy atom. The first-order chi connectivity index (χ1) is 15.6. The molecule has 0 heterocycles. The number of halogens is 1. The van der Waals surface area contributed by atoms with E-state index < -0.39 is 74.5 Å². The second-order valence-corrected chi connectivity index (χ2v) is 10.3. The first-order valence-corrected chi connectivity index (χ1v) is 10.8. The lowest BCUT2D eigenvalue weighted by molar-refractivity contribution is -0.181. The number of primary amides is 1. The predicted octanol–water partition coefficient (Wildman–Crippen LogP) is 0.889. The Morgan fingerprint density at radius 2 is 1.76 bits per heavy atom. The summed E-state index contributed by atoms with van der Waals surface area (Å²) in [4.78, 5) is 40.7. The van der Waals surface area contributed by atoms with Gasteiger partial charge in [-0.05, 0) is 32.6 Å². The third-order valence-corrected chi connectivity index (χ3v) is 7.98. The molecule has 3 aliphatic carbocycles. The number of carbonyl (C=O) groups excluding carboxylic acids is 3. The van der Waals surface area contributed by atoms with E-state index in [1.54, 1.807) is 0 Å². The van der Waals surface area contributed by atoms with E-state index in [9.17, 15) is 39.9 Å². The van der Waals surface area contributed by atoms with Crippen molar-refractivity contribution in [2.75, 3.05) is 14.1 Å². The van der Waals surface area contributed by atoms with Gasteiger partial charge in [-0.1, -0.05) is 25.4 Å². The van der Waals surface area contributed by atoms with Crippen LogP contribution in [0.15, 0.2) is 29.0 Å². The molecular formula is C23H25ClN2O8. The van der Waals surface area contributed by atoms with Crippen molar-refractivity contribution in [3.8, 4) is 5.75 Å². The molecule has 0 aromatic heterocycles. The Hall–Kier alpha value is -2.92. The quantitative estimate of drug-likeness (QED) is 0.326. The summed E-state index contributed by atoms with van der Waals surface area (Å²) >= 11 is 6.28. The summed E-state index contributed by atoms with van der Waals surface area (Å²) < 4.78 is 0. The van der Waals surface area contributed by atoms with Gasteiger partial charge >= 0.3 is 0 Å².